The minimum absolute atomic E-state index is 0.203. The Hall–Kier alpha value is -1.79. The highest BCUT2D eigenvalue weighted by Gasteiger charge is 2.23. The maximum atomic E-state index is 12.3. The van der Waals surface area contributed by atoms with Crippen LogP contribution < -0.4 is 5.73 Å². The lowest BCUT2D eigenvalue weighted by Gasteiger charge is -2.02. The van der Waals surface area contributed by atoms with Crippen LogP contribution in [0.5, 0.6) is 0 Å². The van der Waals surface area contributed by atoms with E-state index in [4.69, 9.17) is 5.73 Å². The Morgan fingerprint density at radius 1 is 1.64 bits per heavy atom. The number of hydrogen-bond donors (Lipinski definition) is 1. The summed E-state index contributed by atoms with van der Waals surface area (Å²) in [5, 5.41) is 10.3. The van der Waals surface area contributed by atoms with E-state index in [1.807, 2.05) is 0 Å². The molecule has 1 rings (SSSR count). The molecule has 0 radical (unpaired) electrons. The summed E-state index contributed by atoms with van der Waals surface area (Å²) < 4.78 is 24.6. The third kappa shape index (κ3) is 1.76. The van der Waals surface area contributed by atoms with Crippen LogP contribution in [0.15, 0.2) is 6.07 Å². The Labute approximate surface area is 77.7 Å². The maximum absolute atomic E-state index is 12.3. The third-order valence-electron chi connectivity index (χ3n) is 1.68. The summed E-state index contributed by atoms with van der Waals surface area (Å²) >= 11 is 0. The Morgan fingerprint density at radius 2 is 2.21 bits per heavy atom. The minimum Gasteiger partial charge on any atom is -0.395 e. The van der Waals surface area contributed by atoms with Gasteiger partial charge in [0.2, 0.25) is 5.69 Å². The summed E-state index contributed by atoms with van der Waals surface area (Å²) in [7, 11) is 0. The lowest BCUT2D eigenvalue weighted by molar-refractivity contribution is -0.389. The molecule has 0 aromatic carbocycles. The summed E-state index contributed by atoms with van der Waals surface area (Å²) in [4.78, 5) is 12.6. The van der Waals surface area contributed by atoms with Crippen molar-refractivity contribution in [3.05, 3.63) is 27.4 Å². The van der Waals surface area contributed by atoms with Crippen molar-refractivity contribution in [2.24, 2.45) is 0 Å². The summed E-state index contributed by atoms with van der Waals surface area (Å²) in [5.41, 5.74) is 4.57. The Morgan fingerprint density at radius 3 is 2.64 bits per heavy atom. The lowest BCUT2D eigenvalue weighted by atomic mass is 10.2. The molecular formula is C7H7F2N3O2. The molecule has 7 heteroatoms. The Bertz CT molecular complexity index is 381. The van der Waals surface area contributed by atoms with Crippen LogP contribution in [-0.2, 0) is 0 Å². The second-order valence-electron chi connectivity index (χ2n) is 2.65. The molecule has 0 spiro atoms. The number of nitrogens with zero attached hydrogens (tertiary/aromatic N) is 2. The first-order chi connectivity index (χ1) is 6.43. The lowest BCUT2D eigenvalue weighted by Crippen LogP contribution is -2.04. The van der Waals surface area contributed by atoms with E-state index in [9.17, 15) is 18.9 Å². The zero-order valence-corrected chi connectivity index (χ0v) is 7.20. The van der Waals surface area contributed by atoms with Gasteiger partial charge in [0.25, 0.3) is 0 Å². The van der Waals surface area contributed by atoms with Gasteiger partial charge in [-0.05, 0) is 22.4 Å². The van der Waals surface area contributed by atoms with E-state index >= 15 is 0 Å². The van der Waals surface area contributed by atoms with Crippen molar-refractivity contribution in [1.82, 2.24) is 4.98 Å². The number of hydrogen-bond acceptors (Lipinski definition) is 4. The maximum Gasteiger partial charge on any atom is 0.364 e. The predicted molar refractivity (Wildman–Crippen MR) is 45.0 cm³/mol. The SMILES string of the molecule is Cc1cc([N+](=O)[O-])nc(C(F)F)c1N. The van der Waals surface area contributed by atoms with Crippen LogP contribution >= 0.6 is 0 Å². The van der Waals surface area contributed by atoms with Crippen molar-refractivity contribution >= 4 is 11.5 Å². The monoisotopic (exact) mass is 203 g/mol. The van der Waals surface area contributed by atoms with Crippen molar-refractivity contribution < 1.29 is 13.7 Å². The molecule has 0 amide bonds. The van der Waals surface area contributed by atoms with Gasteiger partial charge in [-0.2, -0.15) is 0 Å². The highest BCUT2D eigenvalue weighted by atomic mass is 19.3. The number of aromatic nitrogens is 1. The predicted octanol–water partition coefficient (Wildman–Crippen LogP) is 1.82. The van der Waals surface area contributed by atoms with E-state index in [2.05, 4.69) is 4.98 Å². The van der Waals surface area contributed by atoms with E-state index in [0.29, 0.717) is 0 Å². The second kappa shape index (κ2) is 3.52. The highest BCUT2D eigenvalue weighted by molar-refractivity contribution is 5.53. The topological polar surface area (TPSA) is 82.0 Å². The molecule has 0 saturated heterocycles. The van der Waals surface area contributed by atoms with E-state index < -0.39 is 22.9 Å². The van der Waals surface area contributed by atoms with Crippen molar-refractivity contribution in [3.63, 3.8) is 0 Å². The number of alkyl halides is 2. The van der Waals surface area contributed by atoms with Crippen LogP contribution in [0.1, 0.15) is 17.7 Å². The van der Waals surface area contributed by atoms with Crippen molar-refractivity contribution in [2.45, 2.75) is 13.3 Å². The molecule has 1 aromatic heterocycles. The normalized spacial score (nSPS) is 10.6. The quantitative estimate of drug-likeness (QED) is 0.587. The van der Waals surface area contributed by atoms with Crippen LogP contribution in [0.2, 0.25) is 0 Å². The van der Waals surface area contributed by atoms with Crippen molar-refractivity contribution in [1.29, 1.82) is 0 Å². The van der Waals surface area contributed by atoms with E-state index in [-0.39, 0.29) is 11.3 Å². The van der Waals surface area contributed by atoms with E-state index in [0.717, 1.165) is 6.07 Å². The molecule has 0 atom stereocenters. The number of pyridine rings is 1. The molecule has 0 aliphatic carbocycles. The number of nitro groups is 1. The average Bonchev–Trinajstić information content (AvgIpc) is 2.08. The van der Waals surface area contributed by atoms with Gasteiger partial charge in [-0.3, -0.25) is 0 Å². The summed E-state index contributed by atoms with van der Waals surface area (Å²) in [6, 6.07) is 1.06. The van der Waals surface area contributed by atoms with Gasteiger partial charge in [-0.25, -0.2) is 8.78 Å². The fourth-order valence-electron chi connectivity index (χ4n) is 0.949. The molecule has 14 heavy (non-hydrogen) atoms. The van der Waals surface area contributed by atoms with E-state index in [1.54, 1.807) is 0 Å². The largest absolute Gasteiger partial charge is 0.395 e. The second-order valence-corrected chi connectivity index (χ2v) is 2.65. The summed E-state index contributed by atoms with van der Waals surface area (Å²) in [6.07, 6.45) is -2.91. The van der Waals surface area contributed by atoms with Crippen LogP contribution in [0, 0.1) is 17.0 Å². The molecule has 0 fully saturated rings. The van der Waals surface area contributed by atoms with Gasteiger partial charge in [-0.15, -0.1) is 0 Å². The Balaban J connectivity index is 3.35. The average molecular weight is 203 g/mol. The first-order valence-corrected chi connectivity index (χ1v) is 3.63. The molecular weight excluding hydrogens is 196 g/mol. The fourth-order valence-corrected chi connectivity index (χ4v) is 0.949. The summed E-state index contributed by atoms with van der Waals surface area (Å²) in [5.74, 6) is -0.619. The molecule has 1 aromatic rings. The van der Waals surface area contributed by atoms with Gasteiger partial charge in [0.1, 0.15) is 0 Å². The Kier molecular flexibility index (Phi) is 2.59. The summed E-state index contributed by atoms with van der Waals surface area (Å²) in [6.45, 7) is 1.41. The molecule has 0 bridgehead atoms. The number of nitrogens with two attached hydrogens (primary N) is 1. The fraction of sp³-hybridized carbons (Fsp3) is 0.286. The number of halogens is 2. The van der Waals surface area contributed by atoms with Crippen LogP contribution in [0.3, 0.4) is 0 Å². The number of nitrogen functional groups attached to an aromatic ring is 1. The van der Waals surface area contributed by atoms with Gasteiger partial charge >= 0.3 is 12.2 Å². The standard InChI is InChI=1S/C7H7F2N3O2/c1-3-2-4(12(13)14)11-6(5(3)10)7(8)9/h2,7H,10H2,1H3. The van der Waals surface area contributed by atoms with Gasteiger partial charge in [0, 0.05) is 6.07 Å². The molecule has 76 valence electrons. The smallest absolute Gasteiger partial charge is 0.364 e. The third-order valence-corrected chi connectivity index (χ3v) is 1.68. The first-order valence-electron chi connectivity index (χ1n) is 3.63. The zero-order valence-electron chi connectivity index (χ0n) is 7.20. The van der Waals surface area contributed by atoms with Crippen molar-refractivity contribution in [3.8, 4) is 0 Å². The highest BCUT2D eigenvalue weighted by Crippen LogP contribution is 2.28. The molecule has 1 heterocycles. The van der Waals surface area contributed by atoms with Gasteiger partial charge in [-0.1, -0.05) is 0 Å². The number of aryl methyl sites for hydroxylation is 1. The van der Waals surface area contributed by atoms with Gasteiger partial charge in [0.15, 0.2) is 0 Å². The zero-order chi connectivity index (χ0) is 10.9. The number of rotatable bonds is 2. The van der Waals surface area contributed by atoms with Crippen molar-refractivity contribution in [2.75, 3.05) is 5.73 Å². The van der Waals surface area contributed by atoms with Crippen LogP contribution in [0.25, 0.3) is 0 Å². The molecule has 2 N–H and O–H groups in total. The molecule has 5 nitrogen and oxygen atoms in total. The first kappa shape index (κ1) is 10.3. The number of anilines is 1. The minimum atomic E-state index is -2.91. The van der Waals surface area contributed by atoms with Crippen LogP contribution in [-0.4, -0.2) is 9.91 Å². The van der Waals surface area contributed by atoms with Crippen LogP contribution in [0.4, 0.5) is 20.3 Å². The molecule has 0 unspecified atom stereocenters. The van der Waals surface area contributed by atoms with E-state index in [1.165, 1.54) is 6.92 Å². The molecule has 0 aliphatic heterocycles. The molecule has 0 aliphatic rings. The van der Waals surface area contributed by atoms with Gasteiger partial charge in [0.05, 0.1) is 5.69 Å². The van der Waals surface area contributed by atoms with Gasteiger partial charge < -0.3 is 15.8 Å². The molecule has 0 saturated carbocycles.